The van der Waals surface area contributed by atoms with E-state index in [9.17, 15) is 4.39 Å². The number of fused-ring (bicyclic) bond motifs is 1. The normalized spacial score (nSPS) is 18.3. The molecule has 2 atom stereocenters. The molecular weight excluding hydrogens is 269 g/mol. The van der Waals surface area contributed by atoms with E-state index in [1.165, 1.54) is 6.07 Å². The summed E-state index contributed by atoms with van der Waals surface area (Å²) in [6, 6.07) is 14.4. The second-order valence-electron chi connectivity index (χ2n) is 5.10. The molecule has 1 aliphatic heterocycles. The first kappa shape index (κ1) is 13.9. The summed E-state index contributed by atoms with van der Waals surface area (Å²) in [7, 11) is 1.86. The minimum Gasteiger partial charge on any atom is -0.486 e. The molecule has 3 nitrogen and oxygen atoms in total. The molecule has 1 N–H and O–H groups in total. The van der Waals surface area contributed by atoms with Crippen LogP contribution in [0.25, 0.3) is 0 Å². The lowest BCUT2D eigenvalue weighted by Gasteiger charge is -2.32. The number of nitrogens with one attached hydrogen (secondary N) is 1. The van der Waals surface area contributed by atoms with Crippen LogP contribution in [0.4, 0.5) is 4.39 Å². The van der Waals surface area contributed by atoms with E-state index in [1.807, 2.05) is 37.4 Å². The maximum Gasteiger partial charge on any atom is 0.161 e. The molecule has 0 saturated heterocycles. The SMILES string of the molecule is CNC(Cc1ccccc1F)C1COc2ccccc2O1. The molecule has 2 unspecified atom stereocenters. The Balaban J connectivity index is 1.74. The molecule has 0 radical (unpaired) electrons. The maximum absolute atomic E-state index is 13.8. The number of ether oxygens (including phenoxy) is 2. The number of benzene rings is 2. The fraction of sp³-hybridized carbons (Fsp3) is 0.294. The van der Waals surface area contributed by atoms with Crippen LogP contribution < -0.4 is 14.8 Å². The van der Waals surface area contributed by atoms with Gasteiger partial charge in [-0.25, -0.2) is 4.39 Å². The Morgan fingerprint density at radius 3 is 2.62 bits per heavy atom. The number of likely N-dealkylation sites (N-methyl/N-ethyl adjacent to an activating group) is 1. The first-order valence-electron chi connectivity index (χ1n) is 7.07. The van der Waals surface area contributed by atoms with Gasteiger partial charge in [-0.05, 0) is 37.2 Å². The zero-order chi connectivity index (χ0) is 14.7. The van der Waals surface area contributed by atoms with Crippen molar-refractivity contribution in [1.29, 1.82) is 0 Å². The highest BCUT2D eigenvalue weighted by atomic mass is 19.1. The maximum atomic E-state index is 13.8. The van der Waals surface area contributed by atoms with Gasteiger partial charge in [0.1, 0.15) is 18.5 Å². The Hall–Kier alpha value is -2.07. The first-order valence-corrected chi connectivity index (χ1v) is 7.07. The zero-order valence-corrected chi connectivity index (χ0v) is 11.9. The molecule has 0 amide bonds. The van der Waals surface area contributed by atoms with Crippen LogP contribution in [0.5, 0.6) is 11.5 Å². The van der Waals surface area contributed by atoms with Crippen LogP contribution in [0, 0.1) is 5.82 Å². The third kappa shape index (κ3) is 3.00. The highest BCUT2D eigenvalue weighted by Crippen LogP contribution is 2.32. The molecule has 0 bridgehead atoms. The van der Waals surface area contributed by atoms with Crippen molar-refractivity contribution in [2.24, 2.45) is 0 Å². The standard InChI is InChI=1S/C17H18FNO2/c1-19-14(10-12-6-2-3-7-13(12)18)17-11-20-15-8-4-5-9-16(15)21-17/h2-9,14,17,19H,10-11H2,1H3. The third-order valence-corrected chi connectivity index (χ3v) is 3.75. The molecule has 0 spiro atoms. The summed E-state index contributed by atoms with van der Waals surface area (Å²) in [4.78, 5) is 0. The van der Waals surface area contributed by atoms with Gasteiger partial charge in [-0.3, -0.25) is 0 Å². The van der Waals surface area contributed by atoms with Crippen molar-refractivity contribution < 1.29 is 13.9 Å². The molecule has 1 heterocycles. The minimum absolute atomic E-state index is 0.0183. The molecule has 1 aliphatic rings. The van der Waals surface area contributed by atoms with Gasteiger partial charge in [-0.1, -0.05) is 30.3 Å². The Morgan fingerprint density at radius 1 is 1.14 bits per heavy atom. The third-order valence-electron chi connectivity index (χ3n) is 3.75. The van der Waals surface area contributed by atoms with E-state index in [0.717, 1.165) is 11.5 Å². The van der Waals surface area contributed by atoms with E-state index < -0.39 is 0 Å². The topological polar surface area (TPSA) is 30.5 Å². The fourth-order valence-electron chi connectivity index (χ4n) is 2.55. The Kier molecular flexibility index (Phi) is 4.06. The lowest BCUT2D eigenvalue weighted by atomic mass is 10.0. The van der Waals surface area contributed by atoms with E-state index in [-0.39, 0.29) is 18.0 Å². The zero-order valence-electron chi connectivity index (χ0n) is 11.9. The van der Waals surface area contributed by atoms with Crippen molar-refractivity contribution in [3.8, 4) is 11.5 Å². The summed E-state index contributed by atoms with van der Waals surface area (Å²) >= 11 is 0. The second-order valence-corrected chi connectivity index (χ2v) is 5.10. The molecule has 0 saturated carbocycles. The molecule has 3 rings (SSSR count). The summed E-state index contributed by atoms with van der Waals surface area (Å²) < 4.78 is 25.5. The predicted octanol–water partition coefficient (Wildman–Crippen LogP) is 2.80. The predicted molar refractivity (Wildman–Crippen MR) is 79.3 cm³/mol. The van der Waals surface area contributed by atoms with Gasteiger partial charge in [0.15, 0.2) is 11.5 Å². The molecule has 0 aliphatic carbocycles. The number of hydrogen-bond acceptors (Lipinski definition) is 3. The molecule has 21 heavy (non-hydrogen) atoms. The first-order chi connectivity index (χ1) is 10.3. The summed E-state index contributed by atoms with van der Waals surface area (Å²) in [5, 5.41) is 3.21. The number of hydrogen-bond donors (Lipinski definition) is 1. The van der Waals surface area contributed by atoms with Gasteiger partial charge < -0.3 is 14.8 Å². The Labute approximate surface area is 123 Å². The molecule has 2 aromatic rings. The van der Waals surface area contributed by atoms with E-state index in [1.54, 1.807) is 12.1 Å². The van der Waals surface area contributed by atoms with Crippen LogP contribution in [0.1, 0.15) is 5.56 Å². The van der Waals surface area contributed by atoms with Crippen LogP contribution in [0.15, 0.2) is 48.5 Å². The van der Waals surface area contributed by atoms with Crippen LogP contribution in [0.2, 0.25) is 0 Å². The van der Waals surface area contributed by atoms with Crippen LogP contribution in [-0.2, 0) is 6.42 Å². The Morgan fingerprint density at radius 2 is 1.86 bits per heavy atom. The highest BCUT2D eigenvalue weighted by Gasteiger charge is 2.28. The van der Waals surface area contributed by atoms with Crippen molar-refractivity contribution in [3.05, 3.63) is 59.9 Å². The van der Waals surface area contributed by atoms with Gasteiger partial charge in [-0.15, -0.1) is 0 Å². The summed E-state index contributed by atoms with van der Waals surface area (Å²) in [6.07, 6.45) is 0.406. The highest BCUT2D eigenvalue weighted by molar-refractivity contribution is 5.40. The number of halogens is 1. The largest absolute Gasteiger partial charge is 0.486 e. The molecule has 0 aromatic heterocycles. The van der Waals surface area contributed by atoms with Gasteiger partial charge in [0, 0.05) is 0 Å². The summed E-state index contributed by atoms with van der Waals surface area (Å²) in [5.41, 5.74) is 0.680. The summed E-state index contributed by atoms with van der Waals surface area (Å²) in [5.74, 6) is 1.31. The van der Waals surface area contributed by atoms with Crippen LogP contribution >= 0.6 is 0 Å². The Bertz CT molecular complexity index is 617. The number of para-hydroxylation sites is 2. The van der Waals surface area contributed by atoms with Crippen molar-refractivity contribution in [2.75, 3.05) is 13.7 Å². The minimum atomic E-state index is -0.185. The lowest BCUT2D eigenvalue weighted by Crippen LogP contribution is -2.47. The molecule has 0 fully saturated rings. The van der Waals surface area contributed by atoms with Gasteiger partial charge in [0.25, 0.3) is 0 Å². The molecule has 2 aromatic carbocycles. The lowest BCUT2D eigenvalue weighted by molar-refractivity contribution is 0.0638. The van der Waals surface area contributed by atoms with Crippen molar-refractivity contribution >= 4 is 0 Å². The summed E-state index contributed by atoms with van der Waals surface area (Å²) in [6.45, 7) is 0.455. The quantitative estimate of drug-likeness (QED) is 0.938. The van der Waals surface area contributed by atoms with Crippen molar-refractivity contribution in [2.45, 2.75) is 18.6 Å². The van der Waals surface area contributed by atoms with Crippen LogP contribution in [-0.4, -0.2) is 25.8 Å². The fourth-order valence-corrected chi connectivity index (χ4v) is 2.55. The smallest absolute Gasteiger partial charge is 0.161 e. The van der Waals surface area contributed by atoms with Crippen molar-refractivity contribution in [1.82, 2.24) is 5.32 Å². The second kappa shape index (κ2) is 6.14. The monoisotopic (exact) mass is 287 g/mol. The number of rotatable bonds is 4. The van der Waals surface area contributed by atoms with E-state index in [2.05, 4.69) is 5.32 Å². The molecular formula is C17H18FNO2. The van der Waals surface area contributed by atoms with E-state index >= 15 is 0 Å². The van der Waals surface area contributed by atoms with Crippen LogP contribution in [0.3, 0.4) is 0 Å². The van der Waals surface area contributed by atoms with E-state index in [4.69, 9.17) is 9.47 Å². The van der Waals surface area contributed by atoms with Gasteiger partial charge in [0.05, 0.1) is 6.04 Å². The van der Waals surface area contributed by atoms with Gasteiger partial charge in [-0.2, -0.15) is 0 Å². The van der Waals surface area contributed by atoms with Crippen molar-refractivity contribution in [3.63, 3.8) is 0 Å². The average Bonchev–Trinajstić information content (AvgIpc) is 2.54. The molecule has 4 heteroatoms. The van der Waals surface area contributed by atoms with E-state index in [0.29, 0.717) is 18.6 Å². The van der Waals surface area contributed by atoms with Gasteiger partial charge >= 0.3 is 0 Å². The van der Waals surface area contributed by atoms with Gasteiger partial charge in [0.2, 0.25) is 0 Å². The molecule has 110 valence electrons. The average molecular weight is 287 g/mol.